The highest BCUT2D eigenvalue weighted by molar-refractivity contribution is 5.76. The minimum atomic E-state index is -0.106. The standard InChI is InChI=1S/C18H38N2O/c1-4-7-8-9-10-11-12-13-14-17(18(19)21)15-16-20(5-2)6-3/h17H,4-16H2,1-3H3,(H2,19,21). The van der Waals surface area contributed by atoms with Gasteiger partial charge in [0.1, 0.15) is 0 Å². The second-order valence-electron chi connectivity index (χ2n) is 6.18. The van der Waals surface area contributed by atoms with E-state index in [1.54, 1.807) is 0 Å². The molecule has 0 radical (unpaired) electrons. The zero-order valence-electron chi connectivity index (χ0n) is 14.7. The summed E-state index contributed by atoms with van der Waals surface area (Å²) in [6, 6.07) is 0. The Kier molecular flexibility index (Phi) is 14.0. The Labute approximate surface area is 132 Å². The summed E-state index contributed by atoms with van der Waals surface area (Å²) in [5.74, 6) is -0.0317. The maximum absolute atomic E-state index is 11.5. The maximum Gasteiger partial charge on any atom is 0.220 e. The third-order valence-corrected chi connectivity index (χ3v) is 4.50. The lowest BCUT2D eigenvalue weighted by molar-refractivity contribution is -0.122. The Morgan fingerprint density at radius 3 is 1.86 bits per heavy atom. The summed E-state index contributed by atoms with van der Waals surface area (Å²) in [5.41, 5.74) is 5.54. The van der Waals surface area contributed by atoms with Gasteiger partial charge in [-0.3, -0.25) is 4.79 Å². The largest absolute Gasteiger partial charge is 0.369 e. The molecule has 0 aromatic carbocycles. The fourth-order valence-electron chi connectivity index (χ4n) is 2.83. The quantitative estimate of drug-likeness (QED) is 0.457. The number of rotatable bonds is 15. The Balaban J connectivity index is 3.68. The number of nitrogens with zero attached hydrogens (tertiary/aromatic N) is 1. The summed E-state index contributed by atoms with van der Waals surface area (Å²) in [7, 11) is 0. The van der Waals surface area contributed by atoms with Gasteiger partial charge in [-0.15, -0.1) is 0 Å². The van der Waals surface area contributed by atoms with Crippen molar-refractivity contribution in [3.05, 3.63) is 0 Å². The predicted molar refractivity (Wildman–Crippen MR) is 92.3 cm³/mol. The van der Waals surface area contributed by atoms with E-state index in [0.717, 1.165) is 38.9 Å². The second kappa shape index (κ2) is 14.4. The molecule has 3 heteroatoms. The van der Waals surface area contributed by atoms with E-state index < -0.39 is 0 Å². The van der Waals surface area contributed by atoms with Crippen LogP contribution in [0.15, 0.2) is 0 Å². The molecule has 0 heterocycles. The van der Waals surface area contributed by atoms with E-state index in [9.17, 15) is 4.79 Å². The van der Waals surface area contributed by atoms with Gasteiger partial charge in [0.05, 0.1) is 0 Å². The minimum absolute atomic E-state index is 0.0747. The van der Waals surface area contributed by atoms with Crippen molar-refractivity contribution in [3.8, 4) is 0 Å². The number of primary amides is 1. The number of hydrogen-bond donors (Lipinski definition) is 1. The molecule has 1 unspecified atom stereocenters. The molecule has 0 bridgehead atoms. The number of amides is 1. The molecule has 0 aliphatic heterocycles. The summed E-state index contributed by atoms with van der Waals surface area (Å²) in [6.45, 7) is 9.70. The fraction of sp³-hybridized carbons (Fsp3) is 0.944. The summed E-state index contributed by atoms with van der Waals surface area (Å²) >= 11 is 0. The van der Waals surface area contributed by atoms with Crippen LogP contribution >= 0.6 is 0 Å². The van der Waals surface area contributed by atoms with Crippen LogP contribution in [-0.2, 0) is 4.79 Å². The van der Waals surface area contributed by atoms with E-state index in [-0.39, 0.29) is 11.8 Å². The molecular formula is C18H38N2O. The Bertz CT molecular complexity index is 239. The number of nitrogens with two attached hydrogens (primary N) is 1. The van der Waals surface area contributed by atoms with E-state index in [1.165, 1.54) is 44.9 Å². The first-order valence-corrected chi connectivity index (χ1v) is 9.17. The molecule has 0 aromatic heterocycles. The van der Waals surface area contributed by atoms with Crippen LogP contribution in [0.3, 0.4) is 0 Å². The van der Waals surface area contributed by atoms with Gasteiger partial charge in [0.25, 0.3) is 0 Å². The average Bonchev–Trinajstić information content (AvgIpc) is 2.48. The topological polar surface area (TPSA) is 46.3 Å². The summed E-state index contributed by atoms with van der Waals surface area (Å²) in [4.78, 5) is 13.9. The summed E-state index contributed by atoms with van der Waals surface area (Å²) in [6.07, 6.45) is 12.4. The van der Waals surface area contributed by atoms with Crippen LogP contribution in [0.25, 0.3) is 0 Å². The lowest BCUT2D eigenvalue weighted by Gasteiger charge is -2.21. The van der Waals surface area contributed by atoms with E-state index in [2.05, 4.69) is 25.7 Å². The third-order valence-electron chi connectivity index (χ3n) is 4.50. The minimum Gasteiger partial charge on any atom is -0.369 e. The van der Waals surface area contributed by atoms with Crippen molar-refractivity contribution in [1.82, 2.24) is 4.90 Å². The van der Waals surface area contributed by atoms with Crippen LogP contribution in [0.4, 0.5) is 0 Å². The third kappa shape index (κ3) is 11.7. The Morgan fingerprint density at radius 2 is 1.38 bits per heavy atom. The van der Waals surface area contributed by atoms with Gasteiger partial charge in [-0.25, -0.2) is 0 Å². The monoisotopic (exact) mass is 298 g/mol. The molecule has 126 valence electrons. The number of unbranched alkanes of at least 4 members (excludes halogenated alkanes) is 7. The highest BCUT2D eigenvalue weighted by Crippen LogP contribution is 2.16. The van der Waals surface area contributed by atoms with Gasteiger partial charge >= 0.3 is 0 Å². The van der Waals surface area contributed by atoms with Crippen molar-refractivity contribution in [2.45, 2.75) is 85.0 Å². The van der Waals surface area contributed by atoms with Gasteiger partial charge in [-0.1, -0.05) is 72.1 Å². The van der Waals surface area contributed by atoms with Crippen molar-refractivity contribution in [3.63, 3.8) is 0 Å². The van der Waals surface area contributed by atoms with Gasteiger partial charge < -0.3 is 10.6 Å². The molecule has 21 heavy (non-hydrogen) atoms. The van der Waals surface area contributed by atoms with Crippen LogP contribution in [0.1, 0.15) is 85.0 Å². The average molecular weight is 299 g/mol. The van der Waals surface area contributed by atoms with Crippen molar-refractivity contribution in [2.24, 2.45) is 11.7 Å². The molecular weight excluding hydrogens is 260 g/mol. The first-order valence-electron chi connectivity index (χ1n) is 9.17. The van der Waals surface area contributed by atoms with Crippen LogP contribution in [0.5, 0.6) is 0 Å². The Hall–Kier alpha value is -0.570. The van der Waals surface area contributed by atoms with Gasteiger partial charge in [0, 0.05) is 5.92 Å². The summed E-state index contributed by atoms with van der Waals surface area (Å²) in [5, 5.41) is 0. The summed E-state index contributed by atoms with van der Waals surface area (Å²) < 4.78 is 0. The molecule has 0 fully saturated rings. The maximum atomic E-state index is 11.5. The molecule has 1 amide bonds. The molecule has 0 saturated heterocycles. The second-order valence-corrected chi connectivity index (χ2v) is 6.18. The number of carbonyl (C=O) groups excluding carboxylic acids is 1. The van der Waals surface area contributed by atoms with Crippen LogP contribution < -0.4 is 5.73 Å². The zero-order valence-corrected chi connectivity index (χ0v) is 14.7. The molecule has 0 rings (SSSR count). The van der Waals surface area contributed by atoms with Gasteiger partial charge in [-0.05, 0) is 32.5 Å². The molecule has 3 nitrogen and oxygen atoms in total. The van der Waals surface area contributed by atoms with Crippen molar-refractivity contribution in [2.75, 3.05) is 19.6 Å². The SMILES string of the molecule is CCCCCCCCCCC(CCN(CC)CC)C(N)=O. The first-order chi connectivity index (χ1) is 10.2. The van der Waals surface area contributed by atoms with Crippen LogP contribution in [0.2, 0.25) is 0 Å². The highest BCUT2D eigenvalue weighted by atomic mass is 16.1. The van der Waals surface area contributed by atoms with Gasteiger partial charge in [-0.2, -0.15) is 0 Å². The molecule has 0 aliphatic carbocycles. The first kappa shape index (κ1) is 20.4. The predicted octanol–water partition coefficient (Wildman–Crippen LogP) is 4.35. The normalized spacial score (nSPS) is 12.8. The zero-order chi connectivity index (χ0) is 15.9. The highest BCUT2D eigenvalue weighted by Gasteiger charge is 2.15. The lowest BCUT2D eigenvalue weighted by Crippen LogP contribution is -2.30. The van der Waals surface area contributed by atoms with Crippen LogP contribution in [0, 0.1) is 5.92 Å². The smallest absolute Gasteiger partial charge is 0.220 e. The molecule has 2 N–H and O–H groups in total. The molecule has 0 spiro atoms. The Morgan fingerprint density at radius 1 is 0.857 bits per heavy atom. The molecule has 1 atom stereocenters. The molecule has 0 aliphatic rings. The van der Waals surface area contributed by atoms with Gasteiger partial charge in [0.2, 0.25) is 5.91 Å². The fourth-order valence-corrected chi connectivity index (χ4v) is 2.83. The van der Waals surface area contributed by atoms with Crippen LogP contribution in [-0.4, -0.2) is 30.4 Å². The van der Waals surface area contributed by atoms with Crippen molar-refractivity contribution in [1.29, 1.82) is 0 Å². The van der Waals surface area contributed by atoms with E-state index in [4.69, 9.17) is 5.73 Å². The van der Waals surface area contributed by atoms with E-state index in [0.29, 0.717) is 0 Å². The number of carbonyl (C=O) groups is 1. The van der Waals surface area contributed by atoms with Crippen molar-refractivity contribution < 1.29 is 4.79 Å². The molecule has 0 saturated carbocycles. The van der Waals surface area contributed by atoms with Gasteiger partial charge in [0.15, 0.2) is 0 Å². The van der Waals surface area contributed by atoms with Crippen molar-refractivity contribution >= 4 is 5.91 Å². The lowest BCUT2D eigenvalue weighted by atomic mass is 9.96. The van der Waals surface area contributed by atoms with E-state index in [1.807, 2.05) is 0 Å². The van der Waals surface area contributed by atoms with E-state index >= 15 is 0 Å². The number of hydrogen-bond acceptors (Lipinski definition) is 2. The molecule has 0 aromatic rings.